The number of nitrogens with zero attached hydrogens (tertiary/aromatic N) is 3. The number of hydrogen-bond acceptors (Lipinski definition) is 2. The third-order valence-corrected chi connectivity index (χ3v) is 4.23. The van der Waals surface area contributed by atoms with Gasteiger partial charge < -0.3 is 0 Å². The molecule has 1 aliphatic carbocycles. The van der Waals surface area contributed by atoms with Crippen molar-refractivity contribution in [3.63, 3.8) is 0 Å². The molecule has 4 rings (SSSR count). The van der Waals surface area contributed by atoms with Crippen LogP contribution in [0.2, 0.25) is 5.15 Å². The van der Waals surface area contributed by atoms with Crippen LogP contribution in [0.3, 0.4) is 0 Å². The summed E-state index contributed by atoms with van der Waals surface area (Å²) in [6.45, 7) is 0. The van der Waals surface area contributed by atoms with Crippen LogP contribution in [0.25, 0.3) is 5.65 Å². The molecule has 2 atom stereocenters. The first kappa shape index (κ1) is 14.4. The van der Waals surface area contributed by atoms with E-state index in [1.165, 1.54) is 29.0 Å². The second-order valence-corrected chi connectivity index (χ2v) is 5.81. The molecule has 0 saturated heterocycles. The molecule has 1 aromatic carbocycles. The van der Waals surface area contributed by atoms with Crippen LogP contribution in [0.4, 0.5) is 17.6 Å². The predicted molar refractivity (Wildman–Crippen MR) is 74.8 cm³/mol. The van der Waals surface area contributed by atoms with Crippen molar-refractivity contribution in [2.24, 2.45) is 0 Å². The maximum absolute atomic E-state index is 14.3. The Labute approximate surface area is 132 Å². The molecule has 118 valence electrons. The van der Waals surface area contributed by atoms with Gasteiger partial charge in [0.1, 0.15) is 5.15 Å². The largest absolute Gasteiger partial charge is 0.263 e. The molecule has 1 aliphatic rings. The normalized spacial score (nSPS) is 22.5. The fourth-order valence-corrected chi connectivity index (χ4v) is 3.17. The molecule has 0 amide bonds. The van der Waals surface area contributed by atoms with Crippen LogP contribution in [0, 0.1) is 11.6 Å². The van der Waals surface area contributed by atoms with Crippen LogP contribution in [0.1, 0.15) is 23.0 Å². The van der Waals surface area contributed by atoms with Gasteiger partial charge in [-0.15, -0.1) is 0 Å². The lowest BCUT2D eigenvalue weighted by Crippen LogP contribution is -1.99. The molecule has 1 fully saturated rings. The molecule has 0 N–H and O–H groups in total. The van der Waals surface area contributed by atoms with Crippen LogP contribution in [0.15, 0.2) is 36.7 Å². The maximum atomic E-state index is 14.3. The highest BCUT2D eigenvalue weighted by atomic mass is 35.5. The van der Waals surface area contributed by atoms with Crippen LogP contribution < -0.4 is 0 Å². The Hall–Kier alpha value is -2.15. The Kier molecular flexibility index (Phi) is 2.93. The molecule has 3 nitrogen and oxygen atoms in total. The number of aromatic nitrogens is 3. The van der Waals surface area contributed by atoms with Gasteiger partial charge in [0.2, 0.25) is 0 Å². The van der Waals surface area contributed by atoms with E-state index >= 15 is 0 Å². The van der Waals surface area contributed by atoms with Gasteiger partial charge in [-0.2, -0.15) is 5.10 Å². The fourth-order valence-electron chi connectivity index (χ4n) is 2.97. The summed E-state index contributed by atoms with van der Waals surface area (Å²) in [5.74, 6) is -7.78. The van der Waals surface area contributed by atoms with E-state index in [1.54, 1.807) is 0 Å². The standard InChI is InChI=1S/C15H8ClF4N3/c16-11-6-8(14-21-3-4-23(14)22-11)13-12(15(13,19)20)7-1-2-9(17)10(18)5-7/h1-6,12-13H/t12-,13?/m1/s1. The van der Waals surface area contributed by atoms with Gasteiger partial charge in [-0.1, -0.05) is 17.7 Å². The summed E-state index contributed by atoms with van der Waals surface area (Å²) in [6.07, 6.45) is 2.92. The summed E-state index contributed by atoms with van der Waals surface area (Å²) in [7, 11) is 0. The van der Waals surface area contributed by atoms with Crippen molar-refractivity contribution >= 4 is 17.2 Å². The van der Waals surface area contributed by atoms with Gasteiger partial charge in [0.25, 0.3) is 5.92 Å². The SMILES string of the molecule is Fc1ccc([C@@H]2C(c3cc(Cl)nn4ccnc34)C2(F)F)cc1F. The summed E-state index contributed by atoms with van der Waals surface area (Å²) >= 11 is 5.87. The highest BCUT2D eigenvalue weighted by molar-refractivity contribution is 6.29. The topological polar surface area (TPSA) is 30.2 Å². The molecule has 0 spiro atoms. The molecule has 0 bridgehead atoms. The van der Waals surface area contributed by atoms with Gasteiger partial charge in [-0.3, -0.25) is 0 Å². The number of fused-ring (bicyclic) bond motifs is 1. The average Bonchev–Trinajstić information content (AvgIpc) is 2.82. The van der Waals surface area contributed by atoms with Crippen LogP contribution >= 0.6 is 11.6 Å². The smallest absolute Gasteiger partial charge is 0.235 e. The zero-order chi connectivity index (χ0) is 16.4. The van der Waals surface area contributed by atoms with E-state index in [2.05, 4.69) is 10.1 Å². The minimum absolute atomic E-state index is 0.0385. The summed E-state index contributed by atoms with van der Waals surface area (Å²) in [5, 5.41) is 4.00. The minimum Gasteiger partial charge on any atom is -0.235 e. The summed E-state index contributed by atoms with van der Waals surface area (Å²) < 4.78 is 56.3. The minimum atomic E-state index is -3.10. The van der Waals surface area contributed by atoms with E-state index in [4.69, 9.17) is 11.6 Å². The van der Waals surface area contributed by atoms with E-state index in [9.17, 15) is 17.6 Å². The number of hydrogen-bond donors (Lipinski definition) is 0. The highest BCUT2D eigenvalue weighted by Gasteiger charge is 2.70. The number of halogens is 5. The lowest BCUT2D eigenvalue weighted by atomic mass is 10.1. The van der Waals surface area contributed by atoms with E-state index in [-0.39, 0.29) is 21.9 Å². The van der Waals surface area contributed by atoms with E-state index in [1.807, 2.05) is 0 Å². The summed E-state index contributed by atoms with van der Waals surface area (Å²) in [5.41, 5.74) is 0.537. The van der Waals surface area contributed by atoms with E-state index in [0.29, 0.717) is 0 Å². The van der Waals surface area contributed by atoms with Crippen molar-refractivity contribution in [2.75, 3.05) is 0 Å². The lowest BCUT2D eigenvalue weighted by molar-refractivity contribution is 0.105. The van der Waals surface area contributed by atoms with Crippen molar-refractivity contribution < 1.29 is 17.6 Å². The fraction of sp³-hybridized carbons (Fsp3) is 0.200. The van der Waals surface area contributed by atoms with E-state index < -0.39 is 29.4 Å². The number of imidazole rings is 1. The van der Waals surface area contributed by atoms with Gasteiger partial charge >= 0.3 is 0 Å². The third-order valence-electron chi connectivity index (χ3n) is 4.05. The molecule has 2 heterocycles. The quantitative estimate of drug-likeness (QED) is 0.655. The Bertz CT molecular complexity index is 924. The van der Waals surface area contributed by atoms with Gasteiger partial charge in [-0.05, 0) is 23.8 Å². The lowest BCUT2D eigenvalue weighted by Gasteiger charge is -2.03. The molecule has 0 radical (unpaired) electrons. The first-order valence-electron chi connectivity index (χ1n) is 6.72. The molecular weight excluding hydrogens is 334 g/mol. The van der Waals surface area contributed by atoms with Crippen molar-refractivity contribution in [1.29, 1.82) is 0 Å². The monoisotopic (exact) mass is 341 g/mol. The molecule has 23 heavy (non-hydrogen) atoms. The Morgan fingerprint density at radius 3 is 2.61 bits per heavy atom. The molecule has 0 aliphatic heterocycles. The van der Waals surface area contributed by atoms with Crippen molar-refractivity contribution in [3.8, 4) is 0 Å². The highest BCUT2D eigenvalue weighted by Crippen LogP contribution is 2.67. The molecular formula is C15H8ClF4N3. The molecule has 1 unspecified atom stereocenters. The molecule has 2 aromatic heterocycles. The Balaban J connectivity index is 1.82. The van der Waals surface area contributed by atoms with Crippen LogP contribution in [-0.2, 0) is 0 Å². The van der Waals surface area contributed by atoms with Crippen LogP contribution in [-0.4, -0.2) is 20.5 Å². The number of rotatable bonds is 2. The van der Waals surface area contributed by atoms with Gasteiger partial charge in [-0.25, -0.2) is 27.1 Å². The first-order chi connectivity index (χ1) is 10.9. The van der Waals surface area contributed by atoms with Crippen molar-refractivity contribution in [3.05, 3.63) is 64.6 Å². The zero-order valence-electron chi connectivity index (χ0n) is 11.4. The Morgan fingerprint density at radius 2 is 1.87 bits per heavy atom. The number of alkyl halides is 2. The predicted octanol–water partition coefficient (Wildman–Crippen LogP) is 4.18. The van der Waals surface area contributed by atoms with Crippen LogP contribution in [0.5, 0.6) is 0 Å². The van der Waals surface area contributed by atoms with Gasteiger partial charge in [0.05, 0.1) is 11.8 Å². The van der Waals surface area contributed by atoms with Gasteiger partial charge in [0.15, 0.2) is 17.3 Å². The molecule has 1 saturated carbocycles. The second kappa shape index (κ2) is 4.67. The van der Waals surface area contributed by atoms with Crippen molar-refractivity contribution in [2.45, 2.75) is 17.8 Å². The third kappa shape index (κ3) is 2.10. The molecule has 8 heteroatoms. The Morgan fingerprint density at radius 1 is 1.09 bits per heavy atom. The van der Waals surface area contributed by atoms with Gasteiger partial charge in [0, 0.05) is 18.0 Å². The summed E-state index contributed by atoms with van der Waals surface area (Å²) in [4.78, 5) is 4.02. The van der Waals surface area contributed by atoms with E-state index in [0.717, 1.165) is 12.1 Å². The maximum Gasteiger partial charge on any atom is 0.263 e. The second-order valence-electron chi connectivity index (χ2n) is 5.42. The summed E-state index contributed by atoms with van der Waals surface area (Å²) in [6, 6.07) is 4.16. The first-order valence-corrected chi connectivity index (χ1v) is 7.10. The van der Waals surface area contributed by atoms with Crippen molar-refractivity contribution in [1.82, 2.24) is 14.6 Å². The average molecular weight is 342 g/mol. The number of benzene rings is 1. The zero-order valence-corrected chi connectivity index (χ0v) is 12.1. The molecule has 3 aromatic rings.